The predicted octanol–water partition coefficient (Wildman–Crippen LogP) is 6.80. The number of nitriles is 1. The summed E-state index contributed by atoms with van der Waals surface area (Å²) in [5, 5.41) is 17.0. The van der Waals surface area contributed by atoms with Crippen molar-refractivity contribution in [2.24, 2.45) is 0 Å². The van der Waals surface area contributed by atoms with Crippen molar-refractivity contribution < 1.29 is 4.42 Å². The molecule has 0 aliphatic carbocycles. The van der Waals surface area contributed by atoms with Crippen LogP contribution in [-0.4, -0.2) is 15.0 Å². The number of pyridine rings is 2. The van der Waals surface area contributed by atoms with E-state index >= 15 is 0 Å². The number of nitrogens with one attached hydrogen (secondary N) is 2. The van der Waals surface area contributed by atoms with E-state index in [1.54, 1.807) is 24.7 Å². The Morgan fingerprint density at radius 2 is 1.63 bits per heavy atom. The van der Waals surface area contributed by atoms with Crippen molar-refractivity contribution in [2.45, 2.75) is 0 Å². The van der Waals surface area contributed by atoms with Gasteiger partial charge in [-0.3, -0.25) is 9.97 Å². The van der Waals surface area contributed by atoms with Crippen molar-refractivity contribution in [1.29, 1.82) is 5.26 Å². The van der Waals surface area contributed by atoms with E-state index in [0.717, 1.165) is 44.7 Å². The first-order chi connectivity index (χ1) is 17.2. The largest absolute Gasteiger partial charge is 0.436 e. The van der Waals surface area contributed by atoms with Crippen molar-refractivity contribution in [3.8, 4) is 17.5 Å². The fourth-order valence-electron chi connectivity index (χ4n) is 3.94. The van der Waals surface area contributed by atoms with Crippen molar-refractivity contribution in [2.75, 3.05) is 10.6 Å². The normalized spacial score (nSPS) is 10.8. The fraction of sp³-hybridized carbons (Fsp3) is 0. The summed E-state index contributed by atoms with van der Waals surface area (Å²) in [5.74, 6) is 0.538. The maximum atomic E-state index is 9.28. The molecule has 3 aromatic carbocycles. The molecule has 6 rings (SSSR count). The van der Waals surface area contributed by atoms with Crippen molar-refractivity contribution in [3.05, 3.63) is 103 Å². The first-order valence-corrected chi connectivity index (χ1v) is 11.0. The summed E-state index contributed by atoms with van der Waals surface area (Å²) >= 11 is 0. The predicted molar refractivity (Wildman–Crippen MR) is 137 cm³/mol. The Labute approximate surface area is 200 Å². The van der Waals surface area contributed by atoms with E-state index in [9.17, 15) is 5.26 Å². The highest BCUT2D eigenvalue weighted by Crippen LogP contribution is 2.31. The van der Waals surface area contributed by atoms with E-state index in [4.69, 9.17) is 9.40 Å². The molecule has 7 heteroatoms. The monoisotopic (exact) mass is 454 g/mol. The van der Waals surface area contributed by atoms with Crippen LogP contribution in [0.3, 0.4) is 0 Å². The van der Waals surface area contributed by atoms with Crippen LogP contribution in [0.5, 0.6) is 0 Å². The summed E-state index contributed by atoms with van der Waals surface area (Å²) < 4.78 is 6.04. The van der Waals surface area contributed by atoms with E-state index in [1.807, 2.05) is 72.8 Å². The van der Waals surface area contributed by atoms with Gasteiger partial charge in [-0.1, -0.05) is 6.07 Å². The average molecular weight is 454 g/mol. The number of rotatable bonds is 5. The third-order valence-electron chi connectivity index (χ3n) is 5.62. The highest BCUT2D eigenvalue weighted by Gasteiger charge is 2.11. The Morgan fingerprint density at radius 1 is 0.743 bits per heavy atom. The van der Waals surface area contributed by atoms with Crippen molar-refractivity contribution in [1.82, 2.24) is 15.0 Å². The lowest BCUT2D eigenvalue weighted by Gasteiger charge is -2.10. The second-order valence-corrected chi connectivity index (χ2v) is 7.97. The van der Waals surface area contributed by atoms with Crippen LogP contribution in [0, 0.1) is 11.3 Å². The molecule has 0 saturated carbocycles. The lowest BCUT2D eigenvalue weighted by Crippen LogP contribution is -1.93. The number of nitrogens with zero attached hydrogens (tertiary/aromatic N) is 4. The number of fused-ring (bicyclic) bond motifs is 2. The zero-order valence-electron chi connectivity index (χ0n) is 18.4. The molecule has 3 heterocycles. The molecule has 6 aromatic rings. The van der Waals surface area contributed by atoms with E-state index in [1.165, 1.54) is 0 Å². The van der Waals surface area contributed by atoms with Crippen LogP contribution >= 0.6 is 0 Å². The molecule has 0 amide bonds. The summed E-state index contributed by atoms with van der Waals surface area (Å²) in [6, 6.07) is 27.1. The van der Waals surface area contributed by atoms with Gasteiger partial charge in [-0.05, 0) is 72.8 Å². The van der Waals surface area contributed by atoms with E-state index in [2.05, 4.69) is 26.7 Å². The maximum Gasteiger partial charge on any atom is 0.227 e. The van der Waals surface area contributed by atoms with Gasteiger partial charge in [0.05, 0.1) is 17.1 Å². The Kier molecular flexibility index (Phi) is 5.02. The highest BCUT2D eigenvalue weighted by molar-refractivity contribution is 5.94. The highest BCUT2D eigenvalue weighted by atomic mass is 16.3. The van der Waals surface area contributed by atoms with Gasteiger partial charge in [-0.15, -0.1) is 0 Å². The van der Waals surface area contributed by atoms with E-state index in [-0.39, 0.29) is 0 Å². The molecule has 0 aliphatic heterocycles. The Balaban J connectivity index is 1.30. The second-order valence-electron chi connectivity index (χ2n) is 7.97. The average Bonchev–Trinajstić information content (AvgIpc) is 3.33. The zero-order chi connectivity index (χ0) is 23.6. The van der Waals surface area contributed by atoms with Gasteiger partial charge in [0.15, 0.2) is 5.58 Å². The van der Waals surface area contributed by atoms with Crippen LogP contribution in [0.1, 0.15) is 5.56 Å². The SMILES string of the molecule is N#Cc1ccc2nccc(Nc3cccc(-c4nc5cc(Nc6ccncc6)ccc5o4)c3)c2c1. The van der Waals surface area contributed by atoms with Gasteiger partial charge in [-0.2, -0.15) is 5.26 Å². The van der Waals surface area contributed by atoms with Crippen LogP contribution in [0.4, 0.5) is 22.7 Å². The minimum absolute atomic E-state index is 0.538. The molecular formula is C28H18N6O. The van der Waals surface area contributed by atoms with Gasteiger partial charge in [0.25, 0.3) is 0 Å². The Hall–Kier alpha value is -5.22. The van der Waals surface area contributed by atoms with Crippen LogP contribution in [0.25, 0.3) is 33.5 Å². The van der Waals surface area contributed by atoms with Crippen LogP contribution in [-0.2, 0) is 0 Å². The molecule has 3 aromatic heterocycles. The number of hydrogen-bond donors (Lipinski definition) is 2. The quantitative estimate of drug-likeness (QED) is 0.295. The van der Waals surface area contributed by atoms with E-state index in [0.29, 0.717) is 17.0 Å². The molecule has 0 bridgehead atoms. The molecule has 0 saturated heterocycles. The van der Waals surface area contributed by atoms with Crippen LogP contribution < -0.4 is 10.6 Å². The first-order valence-electron chi connectivity index (χ1n) is 11.0. The fourth-order valence-corrected chi connectivity index (χ4v) is 3.94. The van der Waals surface area contributed by atoms with Crippen molar-refractivity contribution in [3.63, 3.8) is 0 Å². The molecule has 0 atom stereocenters. The molecule has 0 aliphatic rings. The number of anilines is 4. The van der Waals surface area contributed by atoms with Gasteiger partial charge in [0.1, 0.15) is 5.52 Å². The third-order valence-corrected chi connectivity index (χ3v) is 5.62. The topological polar surface area (TPSA) is 99.7 Å². The molecule has 7 nitrogen and oxygen atoms in total. The summed E-state index contributed by atoms with van der Waals surface area (Å²) in [4.78, 5) is 13.2. The summed E-state index contributed by atoms with van der Waals surface area (Å²) in [7, 11) is 0. The zero-order valence-corrected chi connectivity index (χ0v) is 18.4. The van der Waals surface area contributed by atoms with Gasteiger partial charge < -0.3 is 15.1 Å². The molecule has 0 spiro atoms. The molecular weight excluding hydrogens is 436 g/mol. The lowest BCUT2D eigenvalue weighted by atomic mass is 10.1. The van der Waals surface area contributed by atoms with Crippen LogP contribution in [0.15, 0.2) is 102 Å². The molecule has 35 heavy (non-hydrogen) atoms. The summed E-state index contributed by atoms with van der Waals surface area (Å²) in [6.45, 7) is 0. The number of hydrogen-bond acceptors (Lipinski definition) is 7. The van der Waals surface area contributed by atoms with Crippen molar-refractivity contribution >= 4 is 44.8 Å². The molecule has 166 valence electrons. The lowest BCUT2D eigenvalue weighted by molar-refractivity contribution is 0.620. The van der Waals surface area contributed by atoms with Gasteiger partial charge in [-0.25, -0.2) is 4.98 Å². The second kappa shape index (κ2) is 8.61. The van der Waals surface area contributed by atoms with Crippen LogP contribution in [0.2, 0.25) is 0 Å². The summed E-state index contributed by atoms with van der Waals surface area (Å²) in [6.07, 6.45) is 5.24. The minimum atomic E-state index is 0.538. The smallest absolute Gasteiger partial charge is 0.227 e. The number of aromatic nitrogens is 3. The standard InChI is InChI=1S/C28H18N6O/c29-17-18-4-6-24-23(14-18)25(10-13-31-24)33-21-3-1-2-19(15-21)28-34-26-16-22(5-7-27(26)35-28)32-20-8-11-30-12-9-20/h1-16H,(H,30,32)(H,31,33). The Bertz CT molecular complexity index is 1720. The summed E-state index contributed by atoms with van der Waals surface area (Å²) in [5.41, 5.74) is 7.35. The van der Waals surface area contributed by atoms with E-state index < -0.39 is 0 Å². The molecule has 0 radical (unpaired) electrons. The molecule has 2 N–H and O–H groups in total. The van der Waals surface area contributed by atoms with Gasteiger partial charge in [0, 0.05) is 52.3 Å². The number of oxazole rings is 1. The maximum absolute atomic E-state index is 9.28. The number of benzene rings is 3. The molecule has 0 unspecified atom stereocenters. The third kappa shape index (κ3) is 4.12. The molecule has 0 fully saturated rings. The van der Waals surface area contributed by atoms with Gasteiger partial charge in [0.2, 0.25) is 5.89 Å². The minimum Gasteiger partial charge on any atom is -0.436 e. The first kappa shape index (κ1) is 20.4. The van der Waals surface area contributed by atoms with Gasteiger partial charge >= 0.3 is 0 Å². The Morgan fingerprint density at radius 3 is 2.51 bits per heavy atom.